The van der Waals surface area contributed by atoms with Crippen LogP contribution in [0.3, 0.4) is 0 Å². The molecule has 1 aromatic heterocycles. The number of rotatable bonds is 1. The molecule has 0 amide bonds. The molecule has 0 atom stereocenters. The zero-order valence-electron chi connectivity index (χ0n) is 9.73. The fraction of sp³-hybridized carbons (Fsp3) is 0.667. The smallest absolute Gasteiger partial charge is 0.0465 e. The summed E-state index contributed by atoms with van der Waals surface area (Å²) in [6.07, 6.45) is 10.8. The summed E-state index contributed by atoms with van der Waals surface area (Å²) < 4.78 is 0. The molecule has 4 aliphatic carbocycles. The molecule has 0 radical (unpaired) electrons. The van der Waals surface area contributed by atoms with Gasteiger partial charge in [0.15, 0.2) is 0 Å². The maximum Gasteiger partial charge on any atom is 0.0465 e. The van der Waals surface area contributed by atoms with Gasteiger partial charge >= 0.3 is 0 Å². The van der Waals surface area contributed by atoms with Crippen molar-refractivity contribution in [1.29, 1.82) is 0 Å². The van der Waals surface area contributed by atoms with Crippen LogP contribution in [0.4, 0.5) is 0 Å². The predicted octanol–water partition coefficient (Wildman–Crippen LogP) is 3.55. The maximum absolute atomic E-state index is 4.67. The first kappa shape index (κ1) is 9.21. The zero-order chi connectivity index (χ0) is 10.6. The van der Waals surface area contributed by atoms with E-state index in [1.54, 1.807) is 0 Å². The second-order valence-corrected chi connectivity index (χ2v) is 6.41. The highest BCUT2D eigenvalue weighted by atomic mass is 14.7. The Hall–Kier alpha value is -0.850. The van der Waals surface area contributed by atoms with Gasteiger partial charge in [-0.2, -0.15) is 0 Å². The standard InChI is InChI=1S/C15H19N/c1-2-4-16-14(3-1)15-8-11-5-12(9-15)7-13(6-11)10-15/h1-4,11-13H,5-10H2. The molecule has 1 heteroatoms. The van der Waals surface area contributed by atoms with Gasteiger partial charge in [0.05, 0.1) is 0 Å². The summed E-state index contributed by atoms with van der Waals surface area (Å²) in [6, 6.07) is 6.48. The summed E-state index contributed by atoms with van der Waals surface area (Å²) in [7, 11) is 0. The minimum atomic E-state index is 0.482. The van der Waals surface area contributed by atoms with Crippen molar-refractivity contribution < 1.29 is 0 Å². The molecule has 4 saturated carbocycles. The predicted molar refractivity (Wildman–Crippen MR) is 64.1 cm³/mol. The molecule has 84 valence electrons. The number of aromatic nitrogens is 1. The highest BCUT2D eigenvalue weighted by Gasteiger charge is 2.52. The Morgan fingerprint density at radius 2 is 1.56 bits per heavy atom. The van der Waals surface area contributed by atoms with Gasteiger partial charge in [-0.3, -0.25) is 4.98 Å². The molecular formula is C15H19N. The molecule has 0 N–H and O–H groups in total. The van der Waals surface area contributed by atoms with Gasteiger partial charge in [-0.05, 0) is 68.4 Å². The van der Waals surface area contributed by atoms with Gasteiger partial charge in [-0.1, -0.05) is 6.07 Å². The van der Waals surface area contributed by atoms with E-state index in [-0.39, 0.29) is 0 Å². The first-order valence-electron chi connectivity index (χ1n) is 6.76. The van der Waals surface area contributed by atoms with Gasteiger partial charge in [0.2, 0.25) is 0 Å². The van der Waals surface area contributed by atoms with Crippen molar-refractivity contribution in [2.24, 2.45) is 17.8 Å². The molecule has 0 spiro atoms. The Morgan fingerprint density at radius 3 is 2.06 bits per heavy atom. The fourth-order valence-corrected chi connectivity index (χ4v) is 5.10. The van der Waals surface area contributed by atoms with Crippen molar-refractivity contribution in [3.63, 3.8) is 0 Å². The van der Waals surface area contributed by atoms with Crippen LogP contribution in [0.15, 0.2) is 24.4 Å². The number of pyridine rings is 1. The van der Waals surface area contributed by atoms with E-state index in [2.05, 4.69) is 17.1 Å². The molecule has 0 unspecified atom stereocenters. The van der Waals surface area contributed by atoms with Crippen LogP contribution < -0.4 is 0 Å². The lowest BCUT2D eigenvalue weighted by atomic mass is 9.49. The van der Waals surface area contributed by atoms with Crippen LogP contribution in [0, 0.1) is 17.8 Å². The van der Waals surface area contributed by atoms with E-state index < -0.39 is 0 Å². The molecule has 4 fully saturated rings. The van der Waals surface area contributed by atoms with Crippen LogP contribution in [0.1, 0.15) is 44.2 Å². The lowest BCUT2D eigenvalue weighted by Gasteiger charge is -2.56. The van der Waals surface area contributed by atoms with Gasteiger partial charge in [-0.25, -0.2) is 0 Å². The molecule has 4 bridgehead atoms. The summed E-state index contributed by atoms with van der Waals surface area (Å²) in [5.41, 5.74) is 1.88. The molecule has 5 rings (SSSR count). The molecule has 1 nitrogen and oxygen atoms in total. The average molecular weight is 213 g/mol. The quantitative estimate of drug-likeness (QED) is 0.695. The maximum atomic E-state index is 4.67. The molecule has 0 saturated heterocycles. The van der Waals surface area contributed by atoms with Crippen LogP contribution in [-0.4, -0.2) is 4.98 Å². The van der Waals surface area contributed by atoms with E-state index in [0.29, 0.717) is 5.41 Å². The second-order valence-electron chi connectivity index (χ2n) is 6.41. The van der Waals surface area contributed by atoms with Gasteiger partial charge in [-0.15, -0.1) is 0 Å². The topological polar surface area (TPSA) is 12.9 Å². The summed E-state index contributed by atoms with van der Waals surface area (Å²) >= 11 is 0. The van der Waals surface area contributed by atoms with Crippen LogP contribution in [-0.2, 0) is 5.41 Å². The summed E-state index contributed by atoms with van der Waals surface area (Å²) in [4.78, 5) is 4.67. The van der Waals surface area contributed by atoms with Gasteiger partial charge in [0, 0.05) is 17.3 Å². The van der Waals surface area contributed by atoms with Crippen LogP contribution >= 0.6 is 0 Å². The molecular weight excluding hydrogens is 194 g/mol. The Labute approximate surface area is 97.3 Å². The minimum absolute atomic E-state index is 0.482. The normalized spacial score (nSPS) is 44.9. The third-order valence-electron chi connectivity index (χ3n) is 5.25. The Morgan fingerprint density at radius 1 is 0.938 bits per heavy atom. The first-order chi connectivity index (χ1) is 7.84. The Kier molecular flexibility index (Phi) is 1.78. The monoisotopic (exact) mass is 213 g/mol. The van der Waals surface area contributed by atoms with E-state index in [1.807, 2.05) is 12.3 Å². The second kappa shape index (κ2) is 3.09. The lowest BCUT2D eigenvalue weighted by molar-refractivity contribution is -0.00719. The van der Waals surface area contributed by atoms with E-state index >= 15 is 0 Å². The van der Waals surface area contributed by atoms with E-state index in [9.17, 15) is 0 Å². The summed E-state index contributed by atoms with van der Waals surface area (Å²) in [5.74, 6) is 3.06. The van der Waals surface area contributed by atoms with E-state index in [1.165, 1.54) is 44.2 Å². The lowest BCUT2D eigenvalue weighted by Crippen LogP contribution is -2.48. The van der Waals surface area contributed by atoms with Crippen LogP contribution in [0.2, 0.25) is 0 Å². The third kappa shape index (κ3) is 1.20. The van der Waals surface area contributed by atoms with E-state index in [0.717, 1.165) is 17.8 Å². The SMILES string of the molecule is c1ccc(C23CC4CC(CC(C4)C2)C3)nc1. The summed E-state index contributed by atoms with van der Waals surface area (Å²) in [6.45, 7) is 0. The van der Waals surface area contributed by atoms with Crippen molar-refractivity contribution >= 4 is 0 Å². The minimum Gasteiger partial charge on any atom is -0.261 e. The average Bonchev–Trinajstić information content (AvgIpc) is 2.28. The fourth-order valence-electron chi connectivity index (χ4n) is 5.10. The van der Waals surface area contributed by atoms with Gasteiger partial charge in [0.1, 0.15) is 0 Å². The number of nitrogens with zero attached hydrogens (tertiary/aromatic N) is 1. The molecule has 4 aliphatic rings. The van der Waals surface area contributed by atoms with Crippen molar-refractivity contribution in [1.82, 2.24) is 4.98 Å². The van der Waals surface area contributed by atoms with E-state index in [4.69, 9.17) is 0 Å². The van der Waals surface area contributed by atoms with Crippen molar-refractivity contribution in [3.8, 4) is 0 Å². The molecule has 1 aromatic rings. The van der Waals surface area contributed by atoms with Crippen LogP contribution in [0.25, 0.3) is 0 Å². The van der Waals surface area contributed by atoms with Crippen molar-refractivity contribution in [2.75, 3.05) is 0 Å². The van der Waals surface area contributed by atoms with Gasteiger partial charge < -0.3 is 0 Å². The van der Waals surface area contributed by atoms with Crippen LogP contribution in [0.5, 0.6) is 0 Å². The highest BCUT2D eigenvalue weighted by Crippen LogP contribution is 2.60. The molecule has 0 aromatic carbocycles. The number of hydrogen-bond donors (Lipinski definition) is 0. The van der Waals surface area contributed by atoms with Crippen molar-refractivity contribution in [3.05, 3.63) is 30.1 Å². The Balaban J connectivity index is 1.77. The Bertz CT molecular complexity index is 360. The summed E-state index contributed by atoms with van der Waals surface area (Å²) in [5, 5.41) is 0. The molecule has 16 heavy (non-hydrogen) atoms. The van der Waals surface area contributed by atoms with Crippen molar-refractivity contribution in [2.45, 2.75) is 43.9 Å². The highest BCUT2D eigenvalue weighted by molar-refractivity contribution is 5.22. The molecule has 0 aliphatic heterocycles. The largest absolute Gasteiger partial charge is 0.261 e. The van der Waals surface area contributed by atoms with Gasteiger partial charge in [0.25, 0.3) is 0 Å². The zero-order valence-corrected chi connectivity index (χ0v) is 9.73. The number of hydrogen-bond acceptors (Lipinski definition) is 1. The molecule has 1 heterocycles. The third-order valence-corrected chi connectivity index (χ3v) is 5.25. The first-order valence-corrected chi connectivity index (χ1v) is 6.76.